The molecule has 2 aromatic heterocycles. The first-order valence-corrected chi connectivity index (χ1v) is 11.1. The van der Waals surface area contributed by atoms with Gasteiger partial charge in [-0.25, -0.2) is 9.98 Å². The Morgan fingerprint density at radius 2 is 2.12 bits per heavy atom. The molecule has 1 fully saturated rings. The zero-order valence-corrected chi connectivity index (χ0v) is 21.1. The second kappa shape index (κ2) is 12.1. The molecule has 0 bridgehead atoms. The number of nitrogens with zero attached hydrogens (tertiary/aromatic N) is 3. The van der Waals surface area contributed by atoms with Gasteiger partial charge in [0.05, 0.1) is 19.3 Å². The Labute approximate surface area is 207 Å². The molecule has 1 unspecified atom stereocenters. The van der Waals surface area contributed by atoms with Gasteiger partial charge in [0.1, 0.15) is 5.82 Å². The zero-order chi connectivity index (χ0) is 21.5. The number of rotatable bonds is 7. The number of nitrogens with one attached hydrogen (secondary N) is 3. The van der Waals surface area contributed by atoms with E-state index in [9.17, 15) is 0 Å². The number of anilines is 1. The number of hydrogen-bond donors (Lipinski definition) is 3. The molecule has 1 aromatic carbocycles. The average molecular weight is 548 g/mol. The largest absolute Gasteiger partial charge is 0.375 e. The van der Waals surface area contributed by atoms with Crippen molar-refractivity contribution in [1.82, 2.24) is 20.6 Å². The number of guanidine groups is 1. The van der Waals surface area contributed by atoms with Crippen molar-refractivity contribution in [1.29, 1.82) is 0 Å². The topological polar surface area (TPSA) is 77.6 Å². The number of aromatic nitrogens is 2. The molecule has 32 heavy (non-hydrogen) atoms. The molecule has 0 saturated carbocycles. The van der Waals surface area contributed by atoms with Crippen LogP contribution in [0.1, 0.15) is 25.0 Å². The van der Waals surface area contributed by atoms with Crippen molar-refractivity contribution in [2.24, 2.45) is 4.99 Å². The fourth-order valence-electron chi connectivity index (χ4n) is 3.89. The minimum atomic E-state index is 0. The van der Waals surface area contributed by atoms with Crippen molar-refractivity contribution >= 4 is 46.7 Å². The SMILES string of the molecule is CCNC(=NCc1ccc(N2CCOC(C)C2)nc1)NCCc1c[nH]c2ccccc12.I. The van der Waals surface area contributed by atoms with Crippen LogP contribution in [0.4, 0.5) is 5.82 Å². The predicted molar refractivity (Wildman–Crippen MR) is 142 cm³/mol. The standard InChI is InChI=1S/C24H32N6O.HI/c1-3-25-24(26-11-10-20-16-27-22-7-5-4-6-21(20)22)29-15-19-8-9-23(28-14-19)30-12-13-31-18(2)17-30;/h4-9,14,16,18,27H,3,10-13,15,17H2,1-2H3,(H2,25,26,29);1H. The number of ether oxygens (including phenoxy) is 1. The van der Waals surface area contributed by atoms with Crippen LogP contribution in [0.2, 0.25) is 0 Å². The summed E-state index contributed by atoms with van der Waals surface area (Å²) in [4.78, 5) is 15.0. The lowest BCUT2D eigenvalue weighted by Gasteiger charge is -2.32. The van der Waals surface area contributed by atoms with Gasteiger partial charge in [0.15, 0.2) is 5.96 Å². The van der Waals surface area contributed by atoms with Gasteiger partial charge in [-0.15, -0.1) is 24.0 Å². The second-order valence-electron chi connectivity index (χ2n) is 7.88. The Balaban J connectivity index is 0.00000289. The van der Waals surface area contributed by atoms with Gasteiger partial charge >= 0.3 is 0 Å². The van der Waals surface area contributed by atoms with Crippen molar-refractivity contribution in [2.75, 3.05) is 37.7 Å². The molecule has 1 aliphatic heterocycles. The fourth-order valence-corrected chi connectivity index (χ4v) is 3.89. The minimum Gasteiger partial charge on any atom is -0.375 e. The smallest absolute Gasteiger partial charge is 0.191 e. The first-order valence-electron chi connectivity index (χ1n) is 11.1. The molecule has 172 valence electrons. The molecule has 0 aliphatic carbocycles. The first-order chi connectivity index (χ1) is 15.2. The number of pyridine rings is 1. The summed E-state index contributed by atoms with van der Waals surface area (Å²) in [5.41, 5.74) is 3.59. The first kappa shape index (κ1) is 24.3. The van der Waals surface area contributed by atoms with Crippen LogP contribution >= 0.6 is 24.0 Å². The summed E-state index contributed by atoms with van der Waals surface area (Å²) in [7, 11) is 0. The zero-order valence-electron chi connectivity index (χ0n) is 18.8. The summed E-state index contributed by atoms with van der Waals surface area (Å²) in [5.74, 6) is 1.83. The molecular weight excluding hydrogens is 515 g/mol. The monoisotopic (exact) mass is 548 g/mol. The minimum absolute atomic E-state index is 0. The third-order valence-corrected chi connectivity index (χ3v) is 5.50. The molecule has 3 heterocycles. The molecule has 7 nitrogen and oxygen atoms in total. The van der Waals surface area contributed by atoms with Crippen molar-refractivity contribution in [3.63, 3.8) is 0 Å². The highest BCUT2D eigenvalue weighted by atomic mass is 127. The summed E-state index contributed by atoms with van der Waals surface area (Å²) < 4.78 is 5.62. The number of aromatic amines is 1. The Hall–Kier alpha value is -2.33. The second-order valence-corrected chi connectivity index (χ2v) is 7.88. The summed E-state index contributed by atoms with van der Waals surface area (Å²) in [6, 6.07) is 12.6. The molecule has 4 rings (SSSR count). The number of aliphatic imine (C=N–C) groups is 1. The highest BCUT2D eigenvalue weighted by Crippen LogP contribution is 2.18. The molecule has 1 saturated heterocycles. The van der Waals surface area contributed by atoms with Crippen molar-refractivity contribution < 1.29 is 4.74 Å². The van der Waals surface area contributed by atoms with E-state index in [2.05, 4.69) is 81.9 Å². The number of H-pyrrole nitrogens is 1. The normalized spacial score (nSPS) is 16.6. The van der Waals surface area contributed by atoms with E-state index in [1.54, 1.807) is 0 Å². The van der Waals surface area contributed by atoms with E-state index < -0.39 is 0 Å². The molecule has 3 N–H and O–H groups in total. The molecule has 8 heteroatoms. The van der Waals surface area contributed by atoms with Crippen LogP contribution in [0.5, 0.6) is 0 Å². The van der Waals surface area contributed by atoms with Gasteiger partial charge in [0, 0.05) is 49.5 Å². The van der Waals surface area contributed by atoms with Gasteiger partial charge in [-0.3, -0.25) is 0 Å². The molecule has 0 amide bonds. The maximum absolute atomic E-state index is 5.62. The van der Waals surface area contributed by atoms with Gasteiger partial charge in [-0.05, 0) is 43.5 Å². The molecular formula is C24H33IN6O. The van der Waals surface area contributed by atoms with Crippen LogP contribution in [0.15, 0.2) is 53.8 Å². The van der Waals surface area contributed by atoms with Gasteiger partial charge in [-0.1, -0.05) is 24.3 Å². The number of hydrogen-bond acceptors (Lipinski definition) is 4. The number of fused-ring (bicyclic) bond motifs is 1. The Bertz CT molecular complexity index is 1000. The molecule has 1 atom stereocenters. The maximum Gasteiger partial charge on any atom is 0.191 e. The number of halogens is 1. The predicted octanol–water partition coefficient (Wildman–Crippen LogP) is 3.70. The van der Waals surface area contributed by atoms with E-state index in [1.165, 1.54) is 16.5 Å². The summed E-state index contributed by atoms with van der Waals surface area (Å²) in [5, 5.41) is 8.06. The van der Waals surface area contributed by atoms with Crippen LogP contribution in [-0.2, 0) is 17.7 Å². The lowest BCUT2D eigenvalue weighted by atomic mass is 10.1. The van der Waals surface area contributed by atoms with Crippen molar-refractivity contribution in [2.45, 2.75) is 32.9 Å². The van der Waals surface area contributed by atoms with Gasteiger partial charge in [-0.2, -0.15) is 0 Å². The molecule has 0 spiro atoms. The van der Waals surface area contributed by atoms with E-state index in [-0.39, 0.29) is 30.1 Å². The van der Waals surface area contributed by atoms with E-state index in [1.807, 2.05) is 6.20 Å². The fraction of sp³-hybridized carbons (Fsp3) is 0.417. The van der Waals surface area contributed by atoms with E-state index in [0.717, 1.165) is 56.5 Å². The van der Waals surface area contributed by atoms with E-state index in [0.29, 0.717) is 6.54 Å². The molecule has 0 radical (unpaired) electrons. The third-order valence-electron chi connectivity index (χ3n) is 5.50. The lowest BCUT2D eigenvalue weighted by Crippen LogP contribution is -2.41. The lowest BCUT2D eigenvalue weighted by molar-refractivity contribution is 0.0529. The van der Waals surface area contributed by atoms with Crippen LogP contribution in [0, 0.1) is 0 Å². The maximum atomic E-state index is 5.62. The van der Waals surface area contributed by atoms with Crippen LogP contribution in [-0.4, -0.2) is 54.8 Å². The van der Waals surface area contributed by atoms with Gasteiger partial charge in [0.25, 0.3) is 0 Å². The number of benzene rings is 1. The summed E-state index contributed by atoms with van der Waals surface area (Å²) >= 11 is 0. The third kappa shape index (κ3) is 6.35. The number of para-hydroxylation sites is 1. The Morgan fingerprint density at radius 3 is 2.91 bits per heavy atom. The highest BCUT2D eigenvalue weighted by Gasteiger charge is 2.17. The van der Waals surface area contributed by atoms with Gasteiger partial charge in [0.2, 0.25) is 0 Å². The average Bonchev–Trinajstić information content (AvgIpc) is 3.21. The number of morpholine rings is 1. The van der Waals surface area contributed by atoms with E-state index >= 15 is 0 Å². The van der Waals surface area contributed by atoms with Crippen LogP contribution in [0.25, 0.3) is 10.9 Å². The summed E-state index contributed by atoms with van der Waals surface area (Å²) in [6.45, 7) is 8.94. The van der Waals surface area contributed by atoms with Crippen molar-refractivity contribution in [3.8, 4) is 0 Å². The molecule has 3 aromatic rings. The molecule has 1 aliphatic rings. The summed E-state index contributed by atoms with van der Waals surface area (Å²) in [6.07, 6.45) is 5.20. The Kier molecular flexibility index (Phi) is 9.16. The van der Waals surface area contributed by atoms with Gasteiger partial charge < -0.3 is 25.3 Å². The van der Waals surface area contributed by atoms with E-state index in [4.69, 9.17) is 9.73 Å². The van der Waals surface area contributed by atoms with Crippen molar-refractivity contribution in [3.05, 3.63) is 59.9 Å². The van der Waals surface area contributed by atoms with Crippen LogP contribution in [0.3, 0.4) is 0 Å². The van der Waals surface area contributed by atoms with Crippen LogP contribution < -0.4 is 15.5 Å². The quantitative estimate of drug-likeness (QED) is 0.239. The highest BCUT2D eigenvalue weighted by molar-refractivity contribution is 14.0. The Morgan fingerprint density at radius 1 is 1.25 bits per heavy atom.